The molecule has 33 heavy (non-hydrogen) atoms. The summed E-state index contributed by atoms with van der Waals surface area (Å²) in [5, 5.41) is 14.1. The van der Waals surface area contributed by atoms with Crippen LogP contribution in [0.3, 0.4) is 0 Å². The quantitative estimate of drug-likeness (QED) is 0.263. The summed E-state index contributed by atoms with van der Waals surface area (Å²) >= 11 is 6.01. The molecule has 0 spiro atoms. The normalized spacial score (nSPS) is 11.2. The lowest BCUT2D eigenvalue weighted by atomic mass is 10.1. The van der Waals surface area contributed by atoms with E-state index in [0.717, 1.165) is 27.8 Å². The number of nitriles is 1. The van der Waals surface area contributed by atoms with Crippen molar-refractivity contribution in [1.29, 1.82) is 5.26 Å². The van der Waals surface area contributed by atoms with E-state index in [1.807, 2.05) is 67.7 Å². The van der Waals surface area contributed by atoms with Gasteiger partial charge in [-0.25, -0.2) is 0 Å². The minimum atomic E-state index is -0.462. The molecule has 0 atom stereocenters. The Bertz CT molecular complexity index is 1350. The van der Waals surface area contributed by atoms with Crippen LogP contribution in [0.1, 0.15) is 18.1 Å². The molecule has 4 rings (SSSR count). The standard InChI is InChI=1S/C27H22ClN3O2/c1-2-33-24-13-11-23(12-14-24)30-27(32)20(16-29)15-21-18-31(26-6-4-3-5-25(21)26)17-19-7-9-22(28)10-8-19/h3-15,18H,2,17H2,1H3,(H,30,32)/b20-15-. The predicted molar refractivity (Wildman–Crippen MR) is 132 cm³/mol. The summed E-state index contributed by atoms with van der Waals surface area (Å²) in [6, 6.07) is 24.7. The molecule has 0 aliphatic carbocycles. The van der Waals surface area contributed by atoms with Crippen molar-refractivity contribution in [3.05, 3.63) is 101 Å². The molecule has 6 heteroatoms. The summed E-state index contributed by atoms with van der Waals surface area (Å²) in [6.45, 7) is 3.12. The van der Waals surface area contributed by atoms with Crippen molar-refractivity contribution in [3.8, 4) is 11.8 Å². The Kier molecular flexibility index (Phi) is 6.77. The second-order valence-electron chi connectivity index (χ2n) is 7.44. The van der Waals surface area contributed by atoms with Crippen molar-refractivity contribution in [3.63, 3.8) is 0 Å². The number of halogens is 1. The van der Waals surface area contributed by atoms with Crippen LogP contribution in [-0.2, 0) is 11.3 Å². The molecule has 0 saturated heterocycles. The van der Waals surface area contributed by atoms with Crippen molar-refractivity contribution < 1.29 is 9.53 Å². The lowest BCUT2D eigenvalue weighted by molar-refractivity contribution is -0.112. The van der Waals surface area contributed by atoms with E-state index in [2.05, 4.69) is 9.88 Å². The first-order valence-corrected chi connectivity index (χ1v) is 10.9. The Balaban J connectivity index is 1.61. The third kappa shape index (κ3) is 5.25. The molecule has 0 saturated carbocycles. The molecule has 164 valence electrons. The van der Waals surface area contributed by atoms with Crippen LogP contribution in [0, 0.1) is 11.3 Å². The number of nitrogens with one attached hydrogen (secondary N) is 1. The third-order valence-electron chi connectivity index (χ3n) is 5.17. The maximum absolute atomic E-state index is 12.8. The van der Waals surface area contributed by atoms with Gasteiger partial charge in [0.15, 0.2) is 0 Å². The number of fused-ring (bicyclic) bond motifs is 1. The maximum Gasteiger partial charge on any atom is 0.266 e. The third-order valence-corrected chi connectivity index (χ3v) is 5.43. The number of aromatic nitrogens is 1. The van der Waals surface area contributed by atoms with Crippen molar-refractivity contribution in [2.45, 2.75) is 13.5 Å². The lowest BCUT2D eigenvalue weighted by Crippen LogP contribution is -2.13. The average Bonchev–Trinajstić information content (AvgIpc) is 3.17. The first-order valence-electron chi connectivity index (χ1n) is 10.6. The van der Waals surface area contributed by atoms with Gasteiger partial charge < -0.3 is 14.6 Å². The molecule has 1 aromatic heterocycles. The summed E-state index contributed by atoms with van der Waals surface area (Å²) in [5.74, 6) is 0.260. The van der Waals surface area contributed by atoms with Crippen LogP contribution < -0.4 is 10.1 Å². The van der Waals surface area contributed by atoms with E-state index >= 15 is 0 Å². The van der Waals surface area contributed by atoms with E-state index in [9.17, 15) is 10.1 Å². The van der Waals surface area contributed by atoms with Gasteiger partial charge in [-0.3, -0.25) is 4.79 Å². The molecule has 5 nitrogen and oxygen atoms in total. The monoisotopic (exact) mass is 455 g/mol. The van der Waals surface area contributed by atoms with Gasteiger partial charge in [-0.2, -0.15) is 5.26 Å². The number of hydrogen-bond donors (Lipinski definition) is 1. The number of benzene rings is 3. The summed E-state index contributed by atoms with van der Waals surface area (Å²) in [6.07, 6.45) is 3.59. The zero-order valence-corrected chi connectivity index (χ0v) is 18.8. The van der Waals surface area contributed by atoms with Gasteiger partial charge in [0, 0.05) is 39.9 Å². The van der Waals surface area contributed by atoms with Crippen molar-refractivity contribution in [2.75, 3.05) is 11.9 Å². The van der Waals surface area contributed by atoms with Gasteiger partial charge in [0.25, 0.3) is 5.91 Å². The van der Waals surface area contributed by atoms with Crippen LogP contribution in [0.15, 0.2) is 84.6 Å². The van der Waals surface area contributed by atoms with Gasteiger partial charge in [-0.05, 0) is 61.0 Å². The molecule has 0 aliphatic rings. The molecule has 4 aromatic rings. The zero-order valence-electron chi connectivity index (χ0n) is 18.1. The molecule has 3 aromatic carbocycles. The fraction of sp³-hybridized carbons (Fsp3) is 0.111. The largest absolute Gasteiger partial charge is 0.494 e. The van der Waals surface area contributed by atoms with Gasteiger partial charge in [0.2, 0.25) is 0 Å². The van der Waals surface area contributed by atoms with E-state index in [4.69, 9.17) is 16.3 Å². The van der Waals surface area contributed by atoms with Gasteiger partial charge in [-0.15, -0.1) is 0 Å². The van der Waals surface area contributed by atoms with Crippen LogP contribution in [0.25, 0.3) is 17.0 Å². The lowest BCUT2D eigenvalue weighted by Gasteiger charge is -2.06. The fourth-order valence-corrected chi connectivity index (χ4v) is 3.74. The Hall–Kier alpha value is -4.01. The topological polar surface area (TPSA) is 67.0 Å². The highest BCUT2D eigenvalue weighted by atomic mass is 35.5. The Labute approximate surface area is 197 Å². The number of para-hydroxylation sites is 1. The van der Waals surface area contributed by atoms with Crippen molar-refractivity contribution >= 4 is 40.2 Å². The van der Waals surface area contributed by atoms with E-state index in [0.29, 0.717) is 23.9 Å². The van der Waals surface area contributed by atoms with E-state index < -0.39 is 5.91 Å². The molecule has 0 fully saturated rings. The Morgan fingerprint density at radius 3 is 2.52 bits per heavy atom. The minimum Gasteiger partial charge on any atom is -0.494 e. The second kappa shape index (κ2) is 10.1. The molecule has 0 unspecified atom stereocenters. The molecule has 0 bridgehead atoms. The summed E-state index contributed by atoms with van der Waals surface area (Å²) < 4.78 is 7.52. The Morgan fingerprint density at radius 2 is 1.82 bits per heavy atom. The first kappa shape index (κ1) is 22.2. The highest BCUT2D eigenvalue weighted by molar-refractivity contribution is 6.30. The van der Waals surface area contributed by atoms with Crippen LogP contribution in [0.2, 0.25) is 5.02 Å². The number of nitrogens with zero attached hydrogens (tertiary/aromatic N) is 2. The van der Waals surface area contributed by atoms with Gasteiger partial charge in [0.1, 0.15) is 17.4 Å². The Morgan fingerprint density at radius 1 is 1.09 bits per heavy atom. The van der Waals surface area contributed by atoms with E-state index in [1.165, 1.54) is 0 Å². The van der Waals surface area contributed by atoms with Crippen LogP contribution >= 0.6 is 11.6 Å². The first-order chi connectivity index (χ1) is 16.1. The number of anilines is 1. The summed E-state index contributed by atoms with van der Waals surface area (Å²) in [5.41, 5.74) is 3.54. The van der Waals surface area contributed by atoms with Crippen molar-refractivity contribution in [1.82, 2.24) is 4.57 Å². The molecular weight excluding hydrogens is 434 g/mol. The van der Waals surface area contributed by atoms with Crippen LogP contribution in [0.5, 0.6) is 5.75 Å². The van der Waals surface area contributed by atoms with Gasteiger partial charge >= 0.3 is 0 Å². The number of amides is 1. The maximum atomic E-state index is 12.8. The number of carbonyl (C=O) groups is 1. The number of ether oxygens (including phenoxy) is 1. The number of carbonyl (C=O) groups excluding carboxylic acids is 1. The molecular formula is C27H22ClN3O2. The average molecular weight is 456 g/mol. The number of hydrogen-bond acceptors (Lipinski definition) is 3. The predicted octanol–water partition coefficient (Wildman–Crippen LogP) is 6.29. The highest BCUT2D eigenvalue weighted by Crippen LogP contribution is 2.25. The fourth-order valence-electron chi connectivity index (χ4n) is 3.61. The second-order valence-corrected chi connectivity index (χ2v) is 7.87. The molecule has 1 amide bonds. The molecule has 1 N–H and O–H groups in total. The van der Waals surface area contributed by atoms with Crippen LogP contribution in [-0.4, -0.2) is 17.1 Å². The smallest absolute Gasteiger partial charge is 0.266 e. The van der Waals surface area contributed by atoms with Gasteiger partial charge in [0.05, 0.1) is 6.61 Å². The van der Waals surface area contributed by atoms with Gasteiger partial charge in [-0.1, -0.05) is 41.9 Å². The van der Waals surface area contributed by atoms with E-state index in [-0.39, 0.29) is 5.57 Å². The molecule has 1 heterocycles. The SMILES string of the molecule is CCOc1ccc(NC(=O)/C(C#N)=C\c2cn(Cc3ccc(Cl)cc3)c3ccccc23)cc1. The highest BCUT2D eigenvalue weighted by Gasteiger charge is 2.13. The van der Waals surface area contributed by atoms with Crippen molar-refractivity contribution in [2.24, 2.45) is 0 Å². The summed E-state index contributed by atoms with van der Waals surface area (Å²) in [7, 11) is 0. The van der Waals surface area contributed by atoms with Crippen LogP contribution in [0.4, 0.5) is 5.69 Å². The molecule has 0 radical (unpaired) electrons. The zero-order chi connectivity index (χ0) is 23.2. The van der Waals surface area contributed by atoms with E-state index in [1.54, 1.807) is 30.3 Å². The number of rotatable bonds is 7. The molecule has 0 aliphatic heterocycles. The minimum absolute atomic E-state index is 0.0262. The summed E-state index contributed by atoms with van der Waals surface area (Å²) in [4.78, 5) is 12.8.